The summed E-state index contributed by atoms with van der Waals surface area (Å²) in [4.78, 5) is 12.3. The van der Waals surface area contributed by atoms with E-state index in [1.54, 1.807) is 0 Å². The average Bonchev–Trinajstić information content (AvgIpc) is 1.93. The van der Waals surface area contributed by atoms with Gasteiger partial charge in [-0.15, -0.1) is 0 Å². The molecule has 0 amide bonds. The van der Waals surface area contributed by atoms with Gasteiger partial charge in [0.05, 0.1) is 6.54 Å². The summed E-state index contributed by atoms with van der Waals surface area (Å²) in [5.41, 5.74) is 0. The average molecular weight is 158 g/mol. The highest BCUT2D eigenvalue weighted by Crippen LogP contribution is 2.00. The van der Waals surface area contributed by atoms with Gasteiger partial charge in [0.2, 0.25) is 0 Å². The quantitative estimate of drug-likeness (QED) is 0.561. The molecule has 1 heterocycles. The lowest BCUT2D eigenvalue weighted by atomic mass is 10.2. The zero-order valence-electron chi connectivity index (χ0n) is 6.71. The van der Waals surface area contributed by atoms with E-state index in [2.05, 4.69) is 5.32 Å². The molecule has 0 aromatic rings. The second-order valence-electron chi connectivity index (χ2n) is 2.92. The molecule has 0 aliphatic carbocycles. The molecule has 1 aliphatic rings. The Morgan fingerprint density at radius 2 is 2.55 bits per heavy atom. The summed E-state index contributed by atoms with van der Waals surface area (Å²) in [5, 5.41) is 11.7. The summed E-state index contributed by atoms with van der Waals surface area (Å²) in [5.74, 6) is -0.737. The fourth-order valence-electron chi connectivity index (χ4n) is 1.29. The van der Waals surface area contributed by atoms with Gasteiger partial charge < -0.3 is 10.4 Å². The van der Waals surface area contributed by atoms with Crippen molar-refractivity contribution in [2.75, 3.05) is 26.2 Å². The first kappa shape index (κ1) is 8.49. The van der Waals surface area contributed by atoms with Crippen molar-refractivity contribution in [2.24, 2.45) is 0 Å². The molecule has 1 atom stereocenters. The van der Waals surface area contributed by atoms with E-state index in [9.17, 15) is 4.79 Å². The minimum absolute atomic E-state index is 0.169. The van der Waals surface area contributed by atoms with E-state index in [-0.39, 0.29) is 6.54 Å². The molecule has 0 unspecified atom stereocenters. The predicted molar refractivity (Wildman–Crippen MR) is 41.5 cm³/mol. The lowest BCUT2D eigenvalue weighted by molar-refractivity contribution is -0.139. The van der Waals surface area contributed by atoms with Gasteiger partial charge in [-0.1, -0.05) is 0 Å². The summed E-state index contributed by atoms with van der Waals surface area (Å²) >= 11 is 0. The molecule has 1 fully saturated rings. The zero-order valence-corrected chi connectivity index (χ0v) is 6.71. The largest absolute Gasteiger partial charge is 0.480 e. The van der Waals surface area contributed by atoms with Crippen molar-refractivity contribution >= 4 is 5.97 Å². The van der Waals surface area contributed by atoms with Crippen molar-refractivity contribution in [3.8, 4) is 0 Å². The smallest absolute Gasteiger partial charge is 0.317 e. The fraction of sp³-hybridized carbons (Fsp3) is 0.857. The fourth-order valence-corrected chi connectivity index (χ4v) is 1.29. The van der Waals surface area contributed by atoms with Gasteiger partial charge in [0.1, 0.15) is 0 Å². The molecule has 4 heteroatoms. The molecule has 0 aromatic carbocycles. The molecule has 0 spiro atoms. The third-order valence-corrected chi connectivity index (χ3v) is 1.98. The standard InChI is InChI=1S/C7H14N2O2/c1-6-4-8-2-3-9(6)5-7(10)11/h6,8H,2-5H2,1H3,(H,10,11)/t6-/m0/s1. The molecule has 0 radical (unpaired) electrons. The van der Waals surface area contributed by atoms with Gasteiger partial charge in [0.15, 0.2) is 0 Å². The van der Waals surface area contributed by atoms with Crippen molar-refractivity contribution in [2.45, 2.75) is 13.0 Å². The Bertz CT molecular complexity index is 149. The van der Waals surface area contributed by atoms with Crippen LogP contribution in [0.1, 0.15) is 6.92 Å². The Kier molecular flexibility index (Phi) is 2.84. The number of carboxylic acid groups (broad SMARTS) is 1. The summed E-state index contributed by atoms with van der Waals surface area (Å²) in [6.07, 6.45) is 0. The van der Waals surface area contributed by atoms with E-state index in [0.717, 1.165) is 19.6 Å². The zero-order chi connectivity index (χ0) is 8.27. The molecule has 0 saturated carbocycles. The first-order valence-corrected chi connectivity index (χ1v) is 3.86. The van der Waals surface area contributed by atoms with E-state index >= 15 is 0 Å². The number of hydrogen-bond donors (Lipinski definition) is 2. The molecule has 1 saturated heterocycles. The molecule has 0 bridgehead atoms. The number of nitrogens with zero attached hydrogens (tertiary/aromatic N) is 1. The highest BCUT2D eigenvalue weighted by Gasteiger charge is 2.19. The third kappa shape index (κ3) is 2.48. The van der Waals surface area contributed by atoms with Crippen LogP contribution in [0.15, 0.2) is 0 Å². The maximum atomic E-state index is 10.4. The van der Waals surface area contributed by atoms with E-state index in [1.807, 2.05) is 11.8 Å². The van der Waals surface area contributed by atoms with Gasteiger partial charge in [0, 0.05) is 25.7 Å². The van der Waals surface area contributed by atoms with E-state index in [1.165, 1.54) is 0 Å². The number of nitrogens with one attached hydrogen (secondary N) is 1. The number of carbonyl (C=O) groups is 1. The minimum atomic E-state index is -0.737. The topological polar surface area (TPSA) is 52.6 Å². The lowest BCUT2D eigenvalue weighted by Crippen LogP contribution is -2.51. The molecule has 11 heavy (non-hydrogen) atoms. The monoisotopic (exact) mass is 158 g/mol. The second-order valence-corrected chi connectivity index (χ2v) is 2.92. The van der Waals surface area contributed by atoms with Crippen LogP contribution in [0.3, 0.4) is 0 Å². The normalized spacial score (nSPS) is 26.8. The van der Waals surface area contributed by atoms with Gasteiger partial charge in [-0.3, -0.25) is 9.69 Å². The van der Waals surface area contributed by atoms with Crippen LogP contribution in [0.2, 0.25) is 0 Å². The number of rotatable bonds is 2. The SMILES string of the molecule is C[C@H]1CNCCN1CC(=O)O. The van der Waals surface area contributed by atoms with Crippen LogP contribution >= 0.6 is 0 Å². The highest BCUT2D eigenvalue weighted by molar-refractivity contribution is 5.69. The van der Waals surface area contributed by atoms with E-state index in [4.69, 9.17) is 5.11 Å². The summed E-state index contributed by atoms with van der Waals surface area (Å²) in [6.45, 7) is 4.84. The molecule has 1 rings (SSSR count). The van der Waals surface area contributed by atoms with Crippen LogP contribution in [-0.4, -0.2) is 48.2 Å². The van der Waals surface area contributed by atoms with Crippen LogP contribution in [0, 0.1) is 0 Å². The van der Waals surface area contributed by atoms with Crippen LogP contribution in [0.25, 0.3) is 0 Å². The Balaban J connectivity index is 2.35. The minimum Gasteiger partial charge on any atom is -0.480 e. The Morgan fingerprint density at radius 3 is 3.09 bits per heavy atom. The van der Waals surface area contributed by atoms with Crippen LogP contribution in [0.5, 0.6) is 0 Å². The lowest BCUT2D eigenvalue weighted by Gasteiger charge is -2.32. The maximum Gasteiger partial charge on any atom is 0.317 e. The first-order valence-electron chi connectivity index (χ1n) is 3.86. The first-order chi connectivity index (χ1) is 5.20. The van der Waals surface area contributed by atoms with Crippen LogP contribution < -0.4 is 5.32 Å². The van der Waals surface area contributed by atoms with Gasteiger partial charge in [0.25, 0.3) is 0 Å². The van der Waals surface area contributed by atoms with Crippen molar-refractivity contribution in [1.82, 2.24) is 10.2 Å². The highest BCUT2D eigenvalue weighted by atomic mass is 16.4. The van der Waals surface area contributed by atoms with Gasteiger partial charge in [-0.2, -0.15) is 0 Å². The van der Waals surface area contributed by atoms with Crippen LogP contribution in [0.4, 0.5) is 0 Å². The van der Waals surface area contributed by atoms with E-state index in [0.29, 0.717) is 6.04 Å². The van der Waals surface area contributed by atoms with Crippen molar-refractivity contribution < 1.29 is 9.90 Å². The van der Waals surface area contributed by atoms with Gasteiger partial charge in [-0.05, 0) is 6.92 Å². The number of carboxylic acids is 1. The van der Waals surface area contributed by atoms with Crippen LogP contribution in [-0.2, 0) is 4.79 Å². The summed E-state index contributed by atoms with van der Waals surface area (Å²) < 4.78 is 0. The number of hydrogen-bond acceptors (Lipinski definition) is 3. The summed E-state index contributed by atoms with van der Waals surface area (Å²) in [6, 6.07) is 0.347. The number of aliphatic carboxylic acids is 1. The van der Waals surface area contributed by atoms with Crippen molar-refractivity contribution in [1.29, 1.82) is 0 Å². The summed E-state index contributed by atoms with van der Waals surface area (Å²) in [7, 11) is 0. The molecule has 64 valence electrons. The van der Waals surface area contributed by atoms with Gasteiger partial charge >= 0.3 is 5.97 Å². The Hall–Kier alpha value is -0.610. The van der Waals surface area contributed by atoms with Crippen molar-refractivity contribution in [3.05, 3.63) is 0 Å². The Morgan fingerprint density at radius 1 is 1.82 bits per heavy atom. The molecule has 0 aromatic heterocycles. The molecule has 4 nitrogen and oxygen atoms in total. The maximum absolute atomic E-state index is 10.4. The predicted octanol–water partition coefficient (Wildman–Crippen LogP) is -0.635. The van der Waals surface area contributed by atoms with Gasteiger partial charge in [-0.25, -0.2) is 0 Å². The third-order valence-electron chi connectivity index (χ3n) is 1.98. The number of piperazine rings is 1. The van der Waals surface area contributed by atoms with Crippen molar-refractivity contribution in [3.63, 3.8) is 0 Å². The van der Waals surface area contributed by atoms with E-state index < -0.39 is 5.97 Å². The second kappa shape index (κ2) is 3.69. The molecular weight excluding hydrogens is 144 g/mol. The molecule has 2 N–H and O–H groups in total. The Labute approximate surface area is 66.2 Å². The molecular formula is C7H14N2O2. The molecule has 1 aliphatic heterocycles.